The molecule has 0 saturated carbocycles. The normalized spacial score (nSPS) is 24.6. The fraction of sp³-hybridized carbons (Fsp3) is 0.857. The lowest BCUT2D eigenvalue weighted by Gasteiger charge is -2.30. The summed E-state index contributed by atoms with van der Waals surface area (Å²) in [6.45, 7) is 0.290. The zero-order chi connectivity index (χ0) is 10.8. The minimum absolute atomic E-state index is 0.290. The molecule has 0 aromatic carbocycles. The van der Waals surface area contributed by atoms with Crippen LogP contribution in [0.2, 0.25) is 0 Å². The summed E-state index contributed by atoms with van der Waals surface area (Å²) in [5, 5.41) is 4.98. The minimum atomic E-state index is -3.80. The first-order valence-electron chi connectivity index (χ1n) is 4.34. The summed E-state index contributed by atoms with van der Waals surface area (Å²) in [5.41, 5.74) is 0. The van der Waals surface area contributed by atoms with Gasteiger partial charge in [0.2, 0.25) is 0 Å². The zero-order valence-electron chi connectivity index (χ0n) is 7.97. The number of nitrogens with zero attached hydrogens (tertiary/aromatic N) is 1. The Kier molecular flexibility index (Phi) is 3.46. The number of carbonyl (C=O) groups excluding carboxylic acids is 1. The van der Waals surface area contributed by atoms with Gasteiger partial charge >= 0.3 is 5.97 Å². The highest BCUT2D eigenvalue weighted by molar-refractivity contribution is 7.86. The van der Waals surface area contributed by atoms with Crippen molar-refractivity contribution in [3.63, 3.8) is 0 Å². The number of nitrogens with two attached hydrogens (primary N) is 1. The lowest BCUT2D eigenvalue weighted by molar-refractivity contribution is -0.146. The Morgan fingerprint density at radius 3 is 2.64 bits per heavy atom. The highest BCUT2D eigenvalue weighted by Gasteiger charge is 2.35. The Balaban J connectivity index is 2.85. The second-order valence-electron chi connectivity index (χ2n) is 3.19. The molecule has 1 atom stereocenters. The van der Waals surface area contributed by atoms with E-state index in [9.17, 15) is 13.2 Å². The van der Waals surface area contributed by atoms with Gasteiger partial charge < -0.3 is 4.74 Å². The van der Waals surface area contributed by atoms with E-state index in [1.54, 1.807) is 0 Å². The van der Waals surface area contributed by atoms with Crippen molar-refractivity contribution < 1.29 is 17.9 Å². The quantitative estimate of drug-likeness (QED) is 0.620. The highest BCUT2D eigenvalue weighted by atomic mass is 32.2. The van der Waals surface area contributed by atoms with Crippen molar-refractivity contribution in [1.29, 1.82) is 0 Å². The van der Waals surface area contributed by atoms with Crippen molar-refractivity contribution in [2.75, 3.05) is 13.7 Å². The van der Waals surface area contributed by atoms with Crippen LogP contribution in [0.5, 0.6) is 0 Å². The van der Waals surface area contributed by atoms with E-state index in [1.807, 2.05) is 0 Å². The smallest absolute Gasteiger partial charge is 0.324 e. The molecule has 0 aliphatic carbocycles. The van der Waals surface area contributed by atoms with Gasteiger partial charge in [-0.05, 0) is 19.3 Å². The fourth-order valence-corrected chi connectivity index (χ4v) is 2.51. The van der Waals surface area contributed by atoms with Crippen LogP contribution in [-0.4, -0.2) is 38.4 Å². The van der Waals surface area contributed by atoms with Crippen LogP contribution in [0.25, 0.3) is 0 Å². The monoisotopic (exact) mass is 222 g/mol. The van der Waals surface area contributed by atoms with Crippen LogP contribution < -0.4 is 5.14 Å². The predicted octanol–water partition coefficient (Wildman–Crippen LogP) is -0.783. The summed E-state index contributed by atoms with van der Waals surface area (Å²) in [4.78, 5) is 11.2. The topological polar surface area (TPSA) is 89.7 Å². The number of carbonyl (C=O) groups is 1. The molecule has 6 nitrogen and oxygen atoms in total. The fourth-order valence-electron chi connectivity index (χ4n) is 1.58. The molecule has 0 radical (unpaired) electrons. The number of hydrogen-bond donors (Lipinski definition) is 1. The van der Waals surface area contributed by atoms with Crippen molar-refractivity contribution in [1.82, 2.24) is 4.31 Å². The molecule has 1 saturated heterocycles. The molecule has 1 aliphatic heterocycles. The number of piperidine rings is 1. The summed E-state index contributed by atoms with van der Waals surface area (Å²) >= 11 is 0. The third-order valence-corrected chi connectivity index (χ3v) is 3.34. The Morgan fingerprint density at radius 1 is 1.50 bits per heavy atom. The highest BCUT2D eigenvalue weighted by Crippen LogP contribution is 2.19. The molecule has 1 unspecified atom stereocenters. The van der Waals surface area contributed by atoms with E-state index in [2.05, 4.69) is 4.74 Å². The van der Waals surface area contributed by atoms with Gasteiger partial charge in [0.05, 0.1) is 7.11 Å². The van der Waals surface area contributed by atoms with E-state index in [1.165, 1.54) is 7.11 Å². The largest absolute Gasteiger partial charge is 0.468 e. The zero-order valence-corrected chi connectivity index (χ0v) is 8.79. The maximum atomic E-state index is 11.2. The molecule has 14 heavy (non-hydrogen) atoms. The molecule has 1 heterocycles. The van der Waals surface area contributed by atoms with E-state index >= 15 is 0 Å². The molecule has 7 heteroatoms. The molecule has 0 bridgehead atoms. The van der Waals surface area contributed by atoms with Crippen molar-refractivity contribution in [2.45, 2.75) is 25.3 Å². The van der Waals surface area contributed by atoms with Crippen LogP contribution in [0.4, 0.5) is 0 Å². The Morgan fingerprint density at radius 2 is 2.14 bits per heavy atom. The number of rotatable bonds is 2. The van der Waals surface area contributed by atoms with Crippen molar-refractivity contribution in [3.05, 3.63) is 0 Å². The van der Waals surface area contributed by atoms with Crippen molar-refractivity contribution in [2.24, 2.45) is 5.14 Å². The summed E-state index contributed by atoms with van der Waals surface area (Å²) in [7, 11) is -2.56. The summed E-state index contributed by atoms with van der Waals surface area (Å²) in [6, 6.07) is -0.747. The van der Waals surface area contributed by atoms with Gasteiger partial charge in [0.1, 0.15) is 6.04 Å². The predicted molar refractivity (Wildman–Crippen MR) is 49.5 cm³/mol. The first kappa shape index (κ1) is 11.4. The lowest BCUT2D eigenvalue weighted by atomic mass is 10.1. The van der Waals surface area contributed by atoms with Crippen LogP contribution in [0, 0.1) is 0 Å². The van der Waals surface area contributed by atoms with Gasteiger partial charge in [-0.1, -0.05) is 0 Å². The molecule has 82 valence electrons. The number of ether oxygens (including phenoxy) is 1. The van der Waals surface area contributed by atoms with Crippen LogP contribution in [0.15, 0.2) is 0 Å². The molecule has 0 aromatic rings. The van der Waals surface area contributed by atoms with Crippen LogP contribution >= 0.6 is 0 Å². The van der Waals surface area contributed by atoms with Gasteiger partial charge in [-0.2, -0.15) is 12.7 Å². The summed E-state index contributed by atoms with van der Waals surface area (Å²) in [6.07, 6.45) is 2.01. The first-order chi connectivity index (χ1) is 6.46. The number of esters is 1. The molecule has 1 rings (SSSR count). The lowest BCUT2D eigenvalue weighted by Crippen LogP contribution is -2.50. The summed E-state index contributed by atoms with van der Waals surface area (Å²) < 4.78 is 27.7. The van der Waals surface area contributed by atoms with Gasteiger partial charge in [0.15, 0.2) is 0 Å². The number of hydrogen-bond acceptors (Lipinski definition) is 4. The Bertz CT molecular complexity index is 314. The average Bonchev–Trinajstić information content (AvgIpc) is 2.15. The molecule has 0 amide bonds. The molecule has 1 aliphatic rings. The van der Waals surface area contributed by atoms with Gasteiger partial charge in [-0.25, -0.2) is 5.14 Å². The first-order valence-corrected chi connectivity index (χ1v) is 5.84. The maximum Gasteiger partial charge on any atom is 0.324 e. The summed E-state index contributed by atoms with van der Waals surface area (Å²) in [5.74, 6) is -0.543. The SMILES string of the molecule is COC(=O)C1CCCCN1S(N)(=O)=O. The van der Waals surface area contributed by atoms with Gasteiger partial charge in [0, 0.05) is 6.54 Å². The molecule has 2 N–H and O–H groups in total. The van der Waals surface area contributed by atoms with Gasteiger partial charge in [-0.15, -0.1) is 0 Å². The van der Waals surface area contributed by atoms with E-state index in [4.69, 9.17) is 5.14 Å². The van der Waals surface area contributed by atoms with Crippen molar-refractivity contribution >= 4 is 16.2 Å². The maximum absolute atomic E-state index is 11.2. The molecular formula is C7H14N2O4S. The third-order valence-electron chi connectivity index (χ3n) is 2.25. The van der Waals surface area contributed by atoms with Gasteiger partial charge in [-0.3, -0.25) is 4.79 Å². The second-order valence-corrected chi connectivity index (χ2v) is 4.69. The average molecular weight is 222 g/mol. The molecule has 0 aromatic heterocycles. The second kappa shape index (κ2) is 4.24. The van der Waals surface area contributed by atoms with E-state index < -0.39 is 22.2 Å². The van der Waals surface area contributed by atoms with Crippen LogP contribution in [-0.2, 0) is 19.7 Å². The standard InChI is InChI=1S/C7H14N2O4S/c1-13-7(10)6-4-2-3-5-9(6)14(8,11)12/h6H,2-5H2,1H3,(H2,8,11,12). The van der Waals surface area contributed by atoms with E-state index in [-0.39, 0.29) is 0 Å². The van der Waals surface area contributed by atoms with Gasteiger partial charge in [0.25, 0.3) is 10.2 Å². The van der Waals surface area contributed by atoms with Crippen LogP contribution in [0.3, 0.4) is 0 Å². The minimum Gasteiger partial charge on any atom is -0.468 e. The Hall–Kier alpha value is -0.660. The van der Waals surface area contributed by atoms with Crippen molar-refractivity contribution in [3.8, 4) is 0 Å². The van der Waals surface area contributed by atoms with E-state index in [0.29, 0.717) is 13.0 Å². The van der Waals surface area contributed by atoms with E-state index in [0.717, 1.165) is 17.1 Å². The molecular weight excluding hydrogens is 208 g/mol. The third kappa shape index (κ3) is 2.43. The number of methoxy groups -OCH3 is 1. The molecule has 0 spiro atoms. The Labute approximate surface area is 83.2 Å². The molecule has 1 fully saturated rings. The van der Waals surface area contributed by atoms with Crippen LogP contribution in [0.1, 0.15) is 19.3 Å².